The Morgan fingerprint density at radius 3 is 2.78 bits per heavy atom. The number of carbonyl (C=O) groups is 1. The van der Waals surface area contributed by atoms with Crippen molar-refractivity contribution in [2.24, 2.45) is 5.92 Å². The summed E-state index contributed by atoms with van der Waals surface area (Å²) in [6, 6.07) is -0.192. The largest absolute Gasteiger partial charge is 0.465 e. The average Bonchev–Trinajstić information content (AvgIpc) is 2.89. The lowest BCUT2D eigenvalue weighted by atomic mass is 9.94. The zero-order valence-electron chi connectivity index (χ0n) is 13.4. The van der Waals surface area contributed by atoms with Crippen LogP contribution in [0.3, 0.4) is 0 Å². The molecule has 2 unspecified atom stereocenters. The van der Waals surface area contributed by atoms with E-state index in [2.05, 4.69) is 14.8 Å². The molecule has 2 rings (SSSR count). The number of thiophene rings is 1. The maximum atomic E-state index is 12.7. The lowest BCUT2D eigenvalue weighted by Gasteiger charge is -2.28. The molecular formula is C14H23ClN2O4S2. The number of hydrogen-bond donors (Lipinski definition) is 2. The molecule has 132 valence electrons. The van der Waals surface area contributed by atoms with Crippen molar-refractivity contribution in [2.75, 3.05) is 20.2 Å². The minimum atomic E-state index is -3.75. The summed E-state index contributed by atoms with van der Waals surface area (Å²) < 4.78 is 32.7. The summed E-state index contributed by atoms with van der Waals surface area (Å²) in [6.07, 6.45) is 2.03. The highest BCUT2D eigenvalue weighted by Gasteiger charge is 2.31. The Hall–Kier alpha value is -0.670. The molecular weight excluding hydrogens is 360 g/mol. The number of ether oxygens (including phenoxy) is 1. The minimum Gasteiger partial charge on any atom is -0.465 e. The van der Waals surface area contributed by atoms with Crippen LogP contribution in [0.5, 0.6) is 0 Å². The second kappa shape index (κ2) is 8.43. The SMILES string of the molecule is COC(=O)c1scc(C)c1S(=O)(=O)NC(C)C1CCCNC1.Cl. The molecule has 2 heterocycles. The van der Waals surface area contributed by atoms with Gasteiger partial charge in [-0.1, -0.05) is 0 Å². The van der Waals surface area contributed by atoms with E-state index in [9.17, 15) is 13.2 Å². The van der Waals surface area contributed by atoms with Crippen LogP contribution in [-0.2, 0) is 14.8 Å². The first-order valence-electron chi connectivity index (χ1n) is 7.26. The fraction of sp³-hybridized carbons (Fsp3) is 0.643. The molecule has 0 aromatic carbocycles. The molecule has 1 aromatic rings. The summed E-state index contributed by atoms with van der Waals surface area (Å²) in [6.45, 7) is 5.33. The van der Waals surface area contributed by atoms with E-state index in [1.807, 2.05) is 6.92 Å². The number of aryl methyl sites for hydroxylation is 1. The van der Waals surface area contributed by atoms with Crippen LogP contribution in [0.2, 0.25) is 0 Å². The van der Waals surface area contributed by atoms with Gasteiger partial charge in [0.1, 0.15) is 9.77 Å². The van der Waals surface area contributed by atoms with E-state index in [0.29, 0.717) is 5.56 Å². The van der Waals surface area contributed by atoms with E-state index in [4.69, 9.17) is 0 Å². The molecule has 1 saturated heterocycles. The summed E-state index contributed by atoms with van der Waals surface area (Å²) in [5, 5.41) is 4.94. The van der Waals surface area contributed by atoms with E-state index in [-0.39, 0.29) is 34.1 Å². The fourth-order valence-corrected chi connectivity index (χ4v) is 5.72. The Balaban J connectivity index is 0.00000264. The zero-order valence-corrected chi connectivity index (χ0v) is 15.9. The molecule has 9 heteroatoms. The Bertz CT molecular complexity index is 639. The van der Waals surface area contributed by atoms with Crippen molar-refractivity contribution in [1.29, 1.82) is 0 Å². The average molecular weight is 383 g/mol. The second-order valence-electron chi connectivity index (χ2n) is 5.58. The Morgan fingerprint density at radius 1 is 1.52 bits per heavy atom. The number of piperidine rings is 1. The maximum absolute atomic E-state index is 12.7. The second-order valence-corrected chi connectivity index (χ2v) is 8.12. The monoisotopic (exact) mass is 382 g/mol. The van der Waals surface area contributed by atoms with E-state index in [0.717, 1.165) is 37.3 Å². The Morgan fingerprint density at radius 2 is 2.22 bits per heavy atom. The Labute approximate surface area is 147 Å². The number of sulfonamides is 1. The highest BCUT2D eigenvalue weighted by Crippen LogP contribution is 2.28. The molecule has 2 N–H and O–H groups in total. The molecule has 23 heavy (non-hydrogen) atoms. The molecule has 6 nitrogen and oxygen atoms in total. The quantitative estimate of drug-likeness (QED) is 0.760. The van der Waals surface area contributed by atoms with Gasteiger partial charge in [0.05, 0.1) is 7.11 Å². The summed E-state index contributed by atoms with van der Waals surface area (Å²) in [5.41, 5.74) is 0.562. The maximum Gasteiger partial charge on any atom is 0.349 e. The van der Waals surface area contributed by atoms with Gasteiger partial charge in [0, 0.05) is 6.04 Å². The highest BCUT2D eigenvalue weighted by molar-refractivity contribution is 7.89. The number of methoxy groups -OCH3 is 1. The van der Waals surface area contributed by atoms with Crippen LogP contribution in [0.1, 0.15) is 35.0 Å². The van der Waals surface area contributed by atoms with Gasteiger partial charge in [-0.2, -0.15) is 0 Å². The van der Waals surface area contributed by atoms with Gasteiger partial charge >= 0.3 is 5.97 Å². The van der Waals surface area contributed by atoms with Crippen LogP contribution >= 0.6 is 23.7 Å². The van der Waals surface area contributed by atoms with Crippen molar-refractivity contribution >= 4 is 39.7 Å². The van der Waals surface area contributed by atoms with Crippen molar-refractivity contribution in [3.05, 3.63) is 15.8 Å². The van der Waals surface area contributed by atoms with E-state index < -0.39 is 16.0 Å². The van der Waals surface area contributed by atoms with Crippen molar-refractivity contribution in [2.45, 2.75) is 37.6 Å². The first kappa shape index (κ1) is 20.4. The van der Waals surface area contributed by atoms with Crippen LogP contribution in [0.4, 0.5) is 0 Å². The van der Waals surface area contributed by atoms with Gasteiger partial charge in [-0.25, -0.2) is 17.9 Å². The van der Waals surface area contributed by atoms with E-state index in [1.54, 1.807) is 12.3 Å². The standard InChI is InChI=1S/C14H22N2O4S2.ClH/c1-9-8-21-12(14(17)20-3)13(9)22(18,19)16-10(2)11-5-4-6-15-7-11;/h8,10-11,15-16H,4-7H2,1-3H3;1H. The first-order chi connectivity index (χ1) is 10.4. The number of rotatable bonds is 5. The van der Waals surface area contributed by atoms with Gasteiger partial charge in [-0.3, -0.25) is 0 Å². The van der Waals surface area contributed by atoms with Gasteiger partial charge in [0.25, 0.3) is 0 Å². The predicted octanol–water partition coefficient (Wildman–Crippen LogP) is 1.93. The topological polar surface area (TPSA) is 84.5 Å². The minimum absolute atomic E-state index is 0. The fourth-order valence-electron chi connectivity index (χ4n) is 2.71. The van der Waals surface area contributed by atoms with Crippen LogP contribution in [-0.4, -0.2) is 40.6 Å². The molecule has 1 fully saturated rings. The van der Waals surface area contributed by atoms with E-state index in [1.165, 1.54) is 7.11 Å². The normalized spacial score (nSPS) is 19.7. The number of halogens is 1. The smallest absolute Gasteiger partial charge is 0.349 e. The molecule has 0 bridgehead atoms. The molecule has 0 radical (unpaired) electrons. The van der Waals surface area contributed by atoms with Crippen molar-refractivity contribution < 1.29 is 17.9 Å². The lowest BCUT2D eigenvalue weighted by molar-refractivity contribution is 0.0602. The third-order valence-electron chi connectivity index (χ3n) is 3.94. The van der Waals surface area contributed by atoms with Crippen LogP contribution in [0, 0.1) is 12.8 Å². The molecule has 0 spiro atoms. The van der Waals surface area contributed by atoms with E-state index >= 15 is 0 Å². The summed E-state index contributed by atoms with van der Waals surface area (Å²) >= 11 is 1.09. The van der Waals surface area contributed by atoms with Gasteiger partial charge < -0.3 is 10.1 Å². The first-order valence-corrected chi connectivity index (χ1v) is 9.62. The number of esters is 1. The Kier molecular flexibility index (Phi) is 7.47. The van der Waals surface area contributed by atoms with Gasteiger partial charge in [-0.05, 0) is 56.6 Å². The summed E-state index contributed by atoms with van der Waals surface area (Å²) in [7, 11) is -2.50. The van der Waals surface area contributed by atoms with Crippen molar-refractivity contribution in [1.82, 2.24) is 10.0 Å². The van der Waals surface area contributed by atoms with Crippen molar-refractivity contribution in [3.63, 3.8) is 0 Å². The van der Waals surface area contributed by atoms with Gasteiger partial charge in [0.15, 0.2) is 0 Å². The predicted molar refractivity (Wildman–Crippen MR) is 93.0 cm³/mol. The van der Waals surface area contributed by atoms with Crippen LogP contribution < -0.4 is 10.0 Å². The number of nitrogens with one attached hydrogen (secondary N) is 2. The van der Waals surface area contributed by atoms with Crippen LogP contribution in [0.25, 0.3) is 0 Å². The number of hydrogen-bond acceptors (Lipinski definition) is 6. The third-order valence-corrected chi connectivity index (χ3v) is 6.89. The van der Waals surface area contributed by atoms with Crippen LogP contribution in [0.15, 0.2) is 10.3 Å². The molecule has 0 aliphatic carbocycles. The summed E-state index contributed by atoms with van der Waals surface area (Å²) in [4.78, 5) is 11.9. The molecule has 1 aliphatic heterocycles. The molecule has 1 aromatic heterocycles. The third kappa shape index (κ3) is 4.67. The molecule has 1 aliphatic rings. The number of carbonyl (C=O) groups excluding carboxylic acids is 1. The molecule has 0 saturated carbocycles. The lowest BCUT2D eigenvalue weighted by Crippen LogP contribution is -2.44. The molecule has 2 atom stereocenters. The molecule has 0 amide bonds. The van der Waals surface area contributed by atoms with Gasteiger partial charge in [-0.15, -0.1) is 23.7 Å². The van der Waals surface area contributed by atoms with Crippen molar-refractivity contribution in [3.8, 4) is 0 Å². The zero-order chi connectivity index (χ0) is 16.3. The highest BCUT2D eigenvalue weighted by atomic mass is 35.5. The van der Waals surface area contributed by atoms with Gasteiger partial charge in [0.2, 0.25) is 10.0 Å². The summed E-state index contributed by atoms with van der Waals surface area (Å²) in [5.74, 6) is -0.366.